The third-order valence-corrected chi connectivity index (χ3v) is 4.16. The molecule has 1 N–H and O–H groups in total. The number of nitrogens with one attached hydrogen (secondary N) is 1. The zero-order valence-corrected chi connectivity index (χ0v) is 14.4. The number of carbonyl (C=O) groups excluding carboxylic acids is 1. The van der Waals surface area contributed by atoms with Crippen LogP contribution >= 0.6 is 12.4 Å². The van der Waals surface area contributed by atoms with Gasteiger partial charge < -0.3 is 15.0 Å². The molecule has 2 aliphatic rings. The van der Waals surface area contributed by atoms with Crippen LogP contribution in [0.15, 0.2) is 0 Å². The van der Waals surface area contributed by atoms with E-state index in [4.69, 9.17) is 4.74 Å². The average Bonchev–Trinajstić information content (AvgIpc) is 2.91. The van der Waals surface area contributed by atoms with E-state index in [1.165, 1.54) is 0 Å². The number of carbonyl (C=O) groups is 1. The maximum atomic E-state index is 12.3. The molecule has 0 radical (unpaired) electrons. The summed E-state index contributed by atoms with van der Waals surface area (Å²) in [6.07, 6.45) is 2.09. The second-order valence-electron chi connectivity index (χ2n) is 6.90. The van der Waals surface area contributed by atoms with Gasteiger partial charge in [0, 0.05) is 33.2 Å². The predicted molar refractivity (Wildman–Crippen MR) is 86.9 cm³/mol. The number of likely N-dealkylation sites (N-methyl/N-ethyl adjacent to an activating group) is 1. The molecule has 0 aromatic rings. The molecule has 6 heteroatoms. The van der Waals surface area contributed by atoms with Crippen molar-refractivity contribution >= 4 is 18.3 Å². The summed E-state index contributed by atoms with van der Waals surface area (Å²) in [7, 11) is 1.93. The minimum Gasteiger partial charge on any atom is -0.379 e. The molecule has 0 saturated carbocycles. The Morgan fingerprint density at radius 1 is 1.38 bits per heavy atom. The molecule has 2 rings (SSSR count). The number of ether oxygens (including phenoxy) is 1. The van der Waals surface area contributed by atoms with Crippen LogP contribution in [0.5, 0.6) is 0 Å². The number of hydrogen-bond acceptors (Lipinski definition) is 4. The van der Waals surface area contributed by atoms with E-state index in [-0.39, 0.29) is 29.8 Å². The molecule has 0 aromatic heterocycles. The fraction of sp³-hybridized carbons (Fsp3) is 0.933. The summed E-state index contributed by atoms with van der Waals surface area (Å²) in [6, 6.07) is 0.0409. The van der Waals surface area contributed by atoms with Gasteiger partial charge in [0.15, 0.2) is 0 Å². The van der Waals surface area contributed by atoms with Crippen LogP contribution < -0.4 is 5.32 Å². The van der Waals surface area contributed by atoms with Crippen molar-refractivity contribution in [1.29, 1.82) is 0 Å². The first-order valence-corrected chi connectivity index (χ1v) is 7.76. The molecule has 1 atom stereocenters. The Hall–Kier alpha value is -0.360. The van der Waals surface area contributed by atoms with Crippen LogP contribution in [0.1, 0.15) is 26.7 Å². The maximum absolute atomic E-state index is 12.3. The van der Waals surface area contributed by atoms with Crippen LogP contribution in [-0.2, 0) is 9.53 Å². The molecular weight excluding hydrogens is 290 g/mol. The van der Waals surface area contributed by atoms with Gasteiger partial charge in [0.1, 0.15) is 0 Å². The summed E-state index contributed by atoms with van der Waals surface area (Å²) in [5.41, 5.74) is 0.111. The molecule has 2 aliphatic heterocycles. The highest BCUT2D eigenvalue weighted by Gasteiger charge is 2.30. The lowest BCUT2D eigenvalue weighted by Crippen LogP contribution is -2.49. The normalized spacial score (nSPS) is 23.7. The Labute approximate surface area is 134 Å². The van der Waals surface area contributed by atoms with Gasteiger partial charge in [-0.3, -0.25) is 9.69 Å². The monoisotopic (exact) mass is 319 g/mol. The highest BCUT2D eigenvalue weighted by Crippen LogP contribution is 2.20. The molecule has 0 spiro atoms. The maximum Gasteiger partial charge on any atom is 0.239 e. The molecular formula is C15H30ClN3O2. The van der Waals surface area contributed by atoms with Crippen molar-refractivity contribution in [1.82, 2.24) is 15.1 Å². The van der Waals surface area contributed by atoms with Crippen LogP contribution in [0, 0.1) is 5.41 Å². The van der Waals surface area contributed by atoms with Crippen LogP contribution in [0.2, 0.25) is 0 Å². The summed E-state index contributed by atoms with van der Waals surface area (Å²) in [4.78, 5) is 16.7. The fourth-order valence-electron chi connectivity index (χ4n) is 3.30. The van der Waals surface area contributed by atoms with Gasteiger partial charge in [0.25, 0.3) is 0 Å². The third kappa shape index (κ3) is 5.74. The van der Waals surface area contributed by atoms with E-state index in [9.17, 15) is 4.79 Å². The highest BCUT2D eigenvalue weighted by molar-refractivity contribution is 5.85. The van der Waals surface area contributed by atoms with Crippen LogP contribution in [0.25, 0.3) is 0 Å². The van der Waals surface area contributed by atoms with Crippen molar-refractivity contribution in [2.24, 2.45) is 5.41 Å². The SMILES string of the molecule is CN(CC(C)(C)CN1CCOCC1)C(=O)C1CCCN1.Cl. The van der Waals surface area contributed by atoms with Gasteiger partial charge in [0.2, 0.25) is 5.91 Å². The minimum absolute atomic E-state index is 0. The lowest BCUT2D eigenvalue weighted by molar-refractivity contribution is -0.133. The number of hydrogen-bond donors (Lipinski definition) is 1. The Kier molecular flexibility index (Phi) is 7.40. The van der Waals surface area contributed by atoms with Gasteiger partial charge in [-0.25, -0.2) is 0 Å². The van der Waals surface area contributed by atoms with Crippen LogP contribution in [-0.4, -0.2) is 74.7 Å². The third-order valence-electron chi connectivity index (χ3n) is 4.16. The first-order valence-electron chi connectivity index (χ1n) is 7.76. The van der Waals surface area contributed by atoms with Gasteiger partial charge in [-0.2, -0.15) is 0 Å². The van der Waals surface area contributed by atoms with Crippen molar-refractivity contribution < 1.29 is 9.53 Å². The standard InChI is InChI=1S/C15H29N3O2.ClH/c1-15(2,12-18-7-9-20-10-8-18)11-17(3)14(19)13-5-4-6-16-13;/h13,16H,4-12H2,1-3H3;1H. The lowest BCUT2D eigenvalue weighted by atomic mass is 9.91. The van der Waals surface area contributed by atoms with E-state index in [2.05, 4.69) is 24.1 Å². The first kappa shape index (κ1) is 18.7. The predicted octanol–water partition coefficient (Wildman–Crippen LogP) is 0.977. The van der Waals surface area contributed by atoms with Crippen LogP contribution in [0.3, 0.4) is 0 Å². The quantitative estimate of drug-likeness (QED) is 0.820. The number of amides is 1. The number of morpholine rings is 1. The Morgan fingerprint density at radius 3 is 2.62 bits per heavy atom. The number of nitrogens with zero attached hydrogens (tertiary/aromatic N) is 2. The van der Waals surface area contributed by atoms with Crippen molar-refractivity contribution in [3.05, 3.63) is 0 Å². The molecule has 21 heavy (non-hydrogen) atoms. The second kappa shape index (κ2) is 8.32. The first-order chi connectivity index (χ1) is 9.48. The molecule has 0 aromatic carbocycles. The molecule has 2 fully saturated rings. The van der Waals surface area contributed by atoms with Crippen molar-refractivity contribution in [2.75, 3.05) is 53.0 Å². The Morgan fingerprint density at radius 2 is 2.05 bits per heavy atom. The highest BCUT2D eigenvalue weighted by atomic mass is 35.5. The largest absolute Gasteiger partial charge is 0.379 e. The van der Waals surface area contributed by atoms with Crippen molar-refractivity contribution in [3.8, 4) is 0 Å². The van der Waals surface area contributed by atoms with E-state index in [0.717, 1.165) is 58.8 Å². The van der Waals surface area contributed by atoms with Gasteiger partial charge >= 0.3 is 0 Å². The zero-order chi connectivity index (χ0) is 14.6. The van der Waals surface area contributed by atoms with E-state index < -0.39 is 0 Å². The lowest BCUT2D eigenvalue weighted by Gasteiger charge is -2.37. The molecule has 5 nitrogen and oxygen atoms in total. The molecule has 0 bridgehead atoms. The Bertz CT molecular complexity index is 327. The van der Waals surface area contributed by atoms with E-state index in [1.807, 2.05) is 11.9 Å². The molecule has 2 saturated heterocycles. The fourth-order valence-corrected chi connectivity index (χ4v) is 3.30. The van der Waals surface area contributed by atoms with Gasteiger partial charge in [-0.1, -0.05) is 13.8 Å². The summed E-state index contributed by atoms with van der Waals surface area (Å²) in [5, 5.41) is 3.29. The summed E-state index contributed by atoms with van der Waals surface area (Å²) >= 11 is 0. The summed E-state index contributed by atoms with van der Waals surface area (Å²) < 4.78 is 5.39. The van der Waals surface area contributed by atoms with Crippen molar-refractivity contribution in [3.63, 3.8) is 0 Å². The van der Waals surface area contributed by atoms with Gasteiger partial charge in [-0.15, -0.1) is 12.4 Å². The number of rotatable bonds is 5. The smallest absolute Gasteiger partial charge is 0.239 e. The van der Waals surface area contributed by atoms with E-state index in [0.29, 0.717) is 0 Å². The molecule has 1 unspecified atom stereocenters. The molecule has 2 heterocycles. The molecule has 1 amide bonds. The summed E-state index contributed by atoms with van der Waals surface area (Å²) in [5.74, 6) is 0.248. The average molecular weight is 320 g/mol. The minimum atomic E-state index is 0. The van der Waals surface area contributed by atoms with E-state index >= 15 is 0 Å². The van der Waals surface area contributed by atoms with Gasteiger partial charge in [-0.05, 0) is 24.8 Å². The topological polar surface area (TPSA) is 44.8 Å². The molecule has 124 valence electrons. The van der Waals surface area contributed by atoms with Crippen molar-refractivity contribution in [2.45, 2.75) is 32.7 Å². The Balaban J connectivity index is 0.00000220. The second-order valence-corrected chi connectivity index (χ2v) is 6.90. The van der Waals surface area contributed by atoms with Gasteiger partial charge in [0.05, 0.1) is 19.3 Å². The van der Waals surface area contributed by atoms with E-state index in [1.54, 1.807) is 0 Å². The van der Waals surface area contributed by atoms with Crippen LogP contribution in [0.4, 0.5) is 0 Å². The number of halogens is 1. The zero-order valence-electron chi connectivity index (χ0n) is 13.6. The molecule has 0 aliphatic carbocycles. The summed E-state index contributed by atoms with van der Waals surface area (Å²) in [6.45, 7) is 11.0.